The molecule has 7 heteroatoms. The van der Waals surface area contributed by atoms with Crippen LogP contribution in [0.5, 0.6) is 0 Å². The summed E-state index contributed by atoms with van der Waals surface area (Å²) in [5.74, 6) is -3.14. The van der Waals surface area contributed by atoms with Crippen molar-refractivity contribution in [3.63, 3.8) is 0 Å². The Labute approximate surface area is 125 Å². The zero-order chi connectivity index (χ0) is 14.9. The molecular weight excluding hydrogens is 386 g/mol. The second-order valence-corrected chi connectivity index (χ2v) is 5.27. The summed E-state index contributed by atoms with van der Waals surface area (Å²) >= 11 is 1.90. The van der Waals surface area contributed by atoms with Gasteiger partial charge in [-0.05, 0) is 46.4 Å². The van der Waals surface area contributed by atoms with Gasteiger partial charge in [0.25, 0.3) is 5.69 Å². The minimum Gasteiger partial charge on any atom is -0.258 e. The van der Waals surface area contributed by atoms with E-state index < -0.39 is 33.6 Å². The monoisotopic (exact) mass is 393 g/mol. The van der Waals surface area contributed by atoms with Crippen LogP contribution >= 0.6 is 22.6 Å². The first-order valence-electron chi connectivity index (χ1n) is 5.45. The van der Waals surface area contributed by atoms with Crippen LogP contribution in [0.25, 0.3) is 0 Å². The van der Waals surface area contributed by atoms with Gasteiger partial charge in [-0.2, -0.15) is 0 Å². The van der Waals surface area contributed by atoms with Crippen LogP contribution in [-0.2, 0) is 6.42 Å². The van der Waals surface area contributed by atoms with Crippen molar-refractivity contribution < 1.29 is 18.1 Å². The lowest BCUT2D eigenvalue weighted by molar-refractivity contribution is -0.385. The van der Waals surface area contributed by atoms with Gasteiger partial charge in [0.05, 0.1) is 10.5 Å². The molecule has 0 aromatic heterocycles. The molecule has 0 atom stereocenters. The fourth-order valence-corrected chi connectivity index (χ4v) is 2.23. The molecule has 2 aromatic carbocycles. The number of benzene rings is 2. The normalized spacial score (nSPS) is 10.6. The van der Waals surface area contributed by atoms with Gasteiger partial charge in [0.15, 0.2) is 11.6 Å². The van der Waals surface area contributed by atoms with Gasteiger partial charge in [0.2, 0.25) is 0 Å². The topological polar surface area (TPSA) is 43.1 Å². The van der Waals surface area contributed by atoms with Gasteiger partial charge in [-0.3, -0.25) is 10.1 Å². The lowest BCUT2D eigenvalue weighted by atomic mass is 10.0. The van der Waals surface area contributed by atoms with Crippen LogP contribution in [-0.4, -0.2) is 4.92 Å². The predicted octanol–water partition coefficient (Wildman–Crippen LogP) is 4.21. The van der Waals surface area contributed by atoms with E-state index in [1.165, 1.54) is 12.1 Å². The molecule has 2 aromatic rings. The quantitative estimate of drug-likeness (QED) is 0.446. The van der Waals surface area contributed by atoms with Crippen molar-refractivity contribution in [1.82, 2.24) is 0 Å². The average molecular weight is 393 g/mol. The fraction of sp³-hybridized carbons (Fsp3) is 0.0769. The molecule has 0 heterocycles. The van der Waals surface area contributed by atoms with Crippen LogP contribution in [0.4, 0.5) is 18.9 Å². The molecule has 0 saturated heterocycles. The van der Waals surface area contributed by atoms with Crippen molar-refractivity contribution in [2.75, 3.05) is 0 Å². The molecule has 104 valence electrons. The van der Waals surface area contributed by atoms with Crippen molar-refractivity contribution in [3.8, 4) is 0 Å². The first-order chi connectivity index (χ1) is 9.40. The molecule has 0 aliphatic carbocycles. The van der Waals surface area contributed by atoms with E-state index in [1.807, 2.05) is 22.6 Å². The Kier molecular flexibility index (Phi) is 4.26. The van der Waals surface area contributed by atoms with E-state index in [0.29, 0.717) is 9.64 Å². The molecule has 20 heavy (non-hydrogen) atoms. The number of hydrogen-bond donors (Lipinski definition) is 0. The highest BCUT2D eigenvalue weighted by Gasteiger charge is 2.22. The van der Waals surface area contributed by atoms with E-state index in [2.05, 4.69) is 0 Å². The smallest absolute Gasteiger partial charge is 0.258 e. The van der Waals surface area contributed by atoms with Crippen LogP contribution in [0, 0.1) is 31.1 Å². The SMILES string of the molecule is O=[N+]([O-])c1ccc(F)c(F)c1Cc1ccc(I)cc1F. The van der Waals surface area contributed by atoms with E-state index in [4.69, 9.17) is 0 Å². The first-order valence-corrected chi connectivity index (χ1v) is 6.53. The molecule has 2 rings (SSSR count). The summed E-state index contributed by atoms with van der Waals surface area (Å²) in [4.78, 5) is 10.0. The van der Waals surface area contributed by atoms with Crippen molar-refractivity contribution in [2.24, 2.45) is 0 Å². The molecular formula is C13H7F3INO2. The summed E-state index contributed by atoms with van der Waals surface area (Å²) < 4.78 is 41.3. The molecule has 0 N–H and O–H groups in total. The van der Waals surface area contributed by atoms with E-state index in [0.717, 1.165) is 6.07 Å². The van der Waals surface area contributed by atoms with Gasteiger partial charge in [0.1, 0.15) is 5.82 Å². The Hall–Kier alpha value is -1.64. The van der Waals surface area contributed by atoms with Crippen LogP contribution in [0.1, 0.15) is 11.1 Å². The van der Waals surface area contributed by atoms with Crippen molar-refractivity contribution >= 4 is 28.3 Å². The summed E-state index contributed by atoms with van der Waals surface area (Å²) in [7, 11) is 0. The van der Waals surface area contributed by atoms with Gasteiger partial charge in [0, 0.05) is 16.1 Å². The van der Waals surface area contributed by atoms with E-state index in [-0.39, 0.29) is 12.0 Å². The Bertz CT molecular complexity index is 692. The molecule has 0 aliphatic rings. The van der Waals surface area contributed by atoms with Gasteiger partial charge < -0.3 is 0 Å². The van der Waals surface area contributed by atoms with Crippen molar-refractivity contribution in [3.05, 3.63) is 72.6 Å². The largest absolute Gasteiger partial charge is 0.276 e. The Morgan fingerprint density at radius 3 is 2.40 bits per heavy atom. The molecule has 0 unspecified atom stereocenters. The minimum absolute atomic E-state index is 0.0676. The number of nitro benzene ring substituents is 1. The van der Waals surface area contributed by atoms with Crippen LogP contribution in [0.15, 0.2) is 30.3 Å². The van der Waals surface area contributed by atoms with E-state index >= 15 is 0 Å². The summed E-state index contributed by atoms with van der Waals surface area (Å²) in [6.45, 7) is 0. The number of hydrogen-bond acceptors (Lipinski definition) is 2. The van der Waals surface area contributed by atoms with Crippen LogP contribution < -0.4 is 0 Å². The number of rotatable bonds is 3. The Balaban J connectivity index is 2.52. The van der Waals surface area contributed by atoms with Crippen LogP contribution in [0.2, 0.25) is 0 Å². The number of halogens is 4. The molecule has 3 nitrogen and oxygen atoms in total. The lowest BCUT2D eigenvalue weighted by Gasteiger charge is -2.07. The number of nitro groups is 1. The van der Waals surface area contributed by atoms with Crippen molar-refractivity contribution in [1.29, 1.82) is 0 Å². The zero-order valence-electron chi connectivity index (χ0n) is 9.87. The third-order valence-corrected chi connectivity index (χ3v) is 3.42. The highest BCUT2D eigenvalue weighted by Crippen LogP contribution is 2.27. The summed E-state index contributed by atoms with van der Waals surface area (Å²) in [6.07, 6.45) is -0.386. The first kappa shape index (κ1) is 14.8. The van der Waals surface area contributed by atoms with Gasteiger partial charge in [-0.25, -0.2) is 13.2 Å². The Morgan fingerprint density at radius 1 is 1.10 bits per heavy atom. The van der Waals surface area contributed by atoms with Gasteiger partial charge >= 0.3 is 0 Å². The Morgan fingerprint density at radius 2 is 1.80 bits per heavy atom. The summed E-state index contributed by atoms with van der Waals surface area (Å²) in [5.41, 5.74) is -0.963. The standard InChI is InChI=1S/C13H7F3INO2/c14-10-3-4-12(18(19)20)9(13(10)16)5-7-1-2-8(17)6-11(7)15/h1-4,6H,5H2. The second-order valence-electron chi connectivity index (χ2n) is 4.03. The third-order valence-electron chi connectivity index (χ3n) is 2.75. The summed E-state index contributed by atoms with van der Waals surface area (Å²) in [6, 6.07) is 5.76. The van der Waals surface area contributed by atoms with Gasteiger partial charge in [-0.15, -0.1) is 0 Å². The fourth-order valence-electron chi connectivity index (χ4n) is 1.78. The molecule has 0 fully saturated rings. The minimum atomic E-state index is -1.32. The van der Waals surface area contributed by atoms with Gasteiger partial charge in [-0.1, -0.05) is 6.07 Å². The highest BCUT2D eigenvalue weighted by molar-refractivity contribution is 14.1. The van der Waals surface area contributed by atoms with Crippen LogP contribution in [0.3, 0.4) is 0 Å². The number of nitrogens with zero attached hydrogens (tertiary/aromatic N) is 1. The predicted molar refractivity (Wildman–Crippen MR) is 74.9 cm³/mol. The highest BCUT2D eigenvalue weighted by atomic mass is 127. The molecule has 0 saturated carbocycles. The van der Waals surface area contributed by atoms with Crippen molar-refractivity contribution in [2.45, 2.75) is 6.42 Å². The van der Waals surface area contributed by atoms with E-state index in [9.17, 15) is 23.3 Å². The maximum atomic E-state index is 13.7. The maximum absolute atomic E-state index is 13.7. The molecule has 0 bridgehead atoms. The second kappa shape index (κ2) is 5.78. The van der Waals surface area contributed by atoms with E-state index in [1.54, 1.807) is 6.07 Å². The molecule has 0 amide bonds. The molecule has 0 radical (unpaired) electrons. The third kappa shape index (κ3) is 2.92. The molecule has 0 aliphatic heterocycles. The molecule has 0 spiro atoms. The maximum Gasteiger partial charge on any atom is 0.276 e. The summed E-state index contributed by atoms with van der Waals surface area (Å²) in [5, 5.41) is 10.8. The zero-order valence-corrected chi connectivity index (χ0v) is 12.0. The lowest BCUT2D eigenvalue weighted by Crippen LogP contribution is -2.03. The average Bonchev–Trinajstić information content (AvgIpc) is 2.37.